The molecule has 1 rings (SSSR count). The quantitative estimate of drug-likeness (QED) is 0.722. The Balaban J connectivity index is 2.52. The highest BCUT2D eigenvalue weighted by molar-refractivity contribution is 5.79. The van der Waals surface area contributed by atoms with E-state index in [0.717, 1.165) is 19.6 Å². The van der Waals surface area contributed by atoms with Crippen LogP contribution in [-0.2, 0) is 4.79 Å². The van der Waals surface area contributed by atoms with Crippen LogP contribution in [0.25, 0.3) is 0 Å². The van der Waals surface area contributed by atoms with Gasteiger partial charge in [0.2, 0.25) is 5.91 Å². The molecule has 0 aromatic carbocycles. The van der Waals surface area contributed by atoms with Gasteiger partial charge in [0.1, 0.15) is 0 Å². The normalized spacial score (nSPS) is 20.3. The summed E-state index contributed by atoms with van der Waals surface area (Å²) in [6, 6.07) is 0.215. The molecule has 0 saturated carbocycles. The standard InChI is InChI=1S/C12H25N3O/c1-9(2)15(10(3)12(13)16)8-11-4-6-14-7-5-11/h9-11,14H,4-8H2,1-3H3,(H2,13,16). The van der Waals surface area contributed by atoms with Crippen LogP contribution in [0.15, 0.2) is 0 Å². The fourth-order valence-corrected chi connectivity index (χ4v) is 2.34. The molecule has 3 N–H and O–H groups in total. The van der Waals surface area contributed by atoms with Crippen LogP contribution in [0.5, 0.6) is 0 Å². The third kappa shape index (κ3) is 3.76. The van der Waals surface area contributed by atoms with Crippen molar-refractivity contribution in [2.45, 2.75) is 45.7 Å². The number of rotatable bonds is 5. The Bertz CT molecular complexity index is 224. The van der Waals surface area contributed by atoms with Gasteiger partial charge in [0.25, 0.3) is 0 Å². The summed E-state index contributed by atoms with van der Waals surface area (Å²) in [6.45, 7) is 9.34. The van der Waals surface area contributed by atoms with Crippen LogP contribution in [0.4, 0.5) is 0 Å². The molecule has 1 amide bonds. The average Bonchev–Trinajstić information content (AvgIpc) is 2.26. The van der Waals surface area contributed by atoms with Gasteiger partial charge in [0.15, 0.2) is 0 Å². The summed E-state index contributed by atoms with van der Waals surface area (Å²) in [6.07, 6.45) is 2.41. The second kappa shape index (κ2) is 6.21. The second-order valence-electron chi connectivity index (χ2n) is 5.06. The average molecular weight is 227 g/mol. The molecule has 0 aliphatic carbocycles. The van der Waals surface area contributed by atoms with Gasteiger partial charge in [0.05, 0.1) is 6.04 Å². The maximum atomic E-state index is 11.3. The van der Waals surface area contributed by atoms with E-state index in [0.29, 0.717) is 12.0 Å². The maximum absolute atomic E-state index is 11.3. The number of amides is 1. The summed E-state index contributed by atoms with van der Waals surface area (Å²) in [5, 5.41) is 3.36. The molecule has 1 heterocycles. The molecule has 0 radical (unpaired) electrons. The van der Waals surface area contributed by atoms with Crippen LogP contribution in [0.1, 0.15) is 33.6 Å². The molecule has 1 saturated heterocycles. The minimum Gasteiger partial charge on any atom is -0.368 e. The summed E-state index contributed by atoms with van der Waals surface area (Å²) in [4.78, 5) is 13.5. The van der Waals surface area contributed by atoms with Crippen molar-refractivity contribution >= 4 is 5.91 Å². The third-order valence-corrected chi connectivity index (χ3v) is 3.50. The molecule has 1 aliphatic rings. The summed E-state index contributed by atoms with van der Waals surface area (Å²) >= 11 is 0. The Morgan fingerprint density at radius 2 is 1.94 bits per heavy atom. The molecule has 0 aromatic rings. The van der Waals surface area contributed by atoms with Crippen LogP contribution in [-0.4, -0.2) is 42.5 Å². The number of hydrogen-bond acceptors (Lipinski definition) is 3. The van der Waals surface area contributed by atoms with E-state index in [1.807, 2.05) is 6.92 Å². The lowest BCUT2D eigenvalue weighted by Gasteiger charge is -2.35. The first-order valence-electron chi connectivity index (χ1n) is 6.28. The molecular weight excluding hydrogens is 202 g/mol. The fourth-order valence-electron chi connectivity index (χ4n) is 2.34. The largest absolute Gasteiger partial charge is 0.368 e. The first kappa shape index (κ1) is 13.5. The van der Waals surface area contributed by atoms with Gasteiger partial charge in [-0.1, -0.05) is 0 Å². The molecule has 16 heavy (non-hydrogen) atoms. The van der Waals surface area contributed by atoms with Crippen LogP contribution < -0.4 is 11.1 Å². The summed E-state index contributed by atoms with van der Waals surface area (Å²) < 4.78 is 0. The van der Waals surface area contributed by atoms with Gasteiger partial charge in [-0.2, -0.15) is 0 Å². The Kier molecular flexibility index (Phi) is 5.22. The molecule has 1 unspecified atom stereocenters. The van der Waals surface area contributed by atoms with Crippen LogP contribution in [0.3, 0.4) is 0 Å². The van der Waals surface area contributed by atoms with Gasteiger partial charge in [-0.25, -0.2) is 0 Å². The molecule has 0 spiro atoms. The van der Waals surface area contributed by atoms with E-state index in [2.05, 4.69) is 24.1 Å². The number of carbonyl (C=O) groups excluding carboxylic acids is 1. The van der Waals surface area contributed by atoms with Crippen molar-refractivity contribution in [3.63, 3.8) is 0 Å². The molecule has 1 atom stereocenters. The lowest BCUT2D eigenvalue weighted by molar-refractivity contribution is -0.123. The predicted octanol–water partition coefficient (Wildman–Crippen LogP) is 0.570. The zero-order valence-corrected chi connectivity index (χ0v) is 10.7. The molecule has 94 valence electrons. The number of nitrogens with one attached hydrogen (secondary N) is 1. The molecule has 0 aromatic heterocycles. The van der Waals surface area contributed by atoms with Crippen molar-refractivity contribution < 1.29 is 4.79 Å². The Morgan fingerprint density at radius 3 is 2.38 bits per heavy atom. The van der Waals surface area contributed by atoms with E-state index in [1.54, 1.807) is 0 Å². The van der Waals surface area contributed by atoms with Crippen molar-refractivity contribution in [3.05, 3.63) is 0 Å². The van der Waals surface area contributed by atoms with Crippen molar-refractivity contribution in [2.75, 3.05) is 19.6 Å². The molecule has 0 bridgehead atoms. The number of primary amides is 1. The van der Waals surface area contributed by atoms with Gasteiger partial charge in [-0.05, 0) is 52.6 Å². The summed E-state index contributed by atoms with van der Waals surface area (Å²) in [5.41, 5.74) is 5.39. The monoisotopic (exact) mass is 227 g/mol. The lowest BCUT2D eigenvalue weighted by atomic mass is 9.96. The van der Waals surface area contributed by atoms with E-state index in [1.165, 1.54) is 12.8 Å². The summed E-state index contributed by atoms with van der Waals surface area (Å²) in [7, 11) is 0. The fraction of sp³-hybridized carbons (Fsp3) is 0.917. The number of carbonyl (C=O) groups is 1. The number of nitrogens with zero attached hydrogens (tertiary/aromatic N) is 1. The molecule has 4 heteroatoms. The number of nitrogens with two attached hydrogens (primary N) is 1. The number of piperidine rings is 1. The minimum atomic E-state index is -0.220. The van der Waals surface area contributed by atoms with Crippen molar-refractivity contribution in [2.24, 2.45) is 11.7 Å². The Labute approximate surface area is 98.6 Å². The van der Waals surface area contributed by atoms with Gasteiger partial charge < -0.3 is 11.1 Å². The van der Waals surface area contributed by atoms with E-state index >= 15 is 0 Å². The Hall–Kier alpha value is -0.610. The first-order valence-corrected chi connectivity index (χ1v) is 6.28. The lowest BCUT2D eigenvalue weighted by Crippen LogP contribution is -2.49. The zero-order chi connectivity index (χ0) is 12.1. The van der Waals surface area contributed by atoms with E-state index in [9.17, 15) is 4.79 Å². The van der Waals surface area contributed by atoms with Crippen LogP contribution >= 0.6 is 0 Å². The van der Waals surface area contributed by atoms with Crippen molar-refractivity contribution in [3.8, 4) is 0 Å². The van der Waals surface area contributed by atoms with E-state index in [4.69, 9.17) is 5.73 Å². The topological polar surface area (TPSA) is 58.4 Å². The highest BCUT2D eigenvalue weighted by Gasteiger charge is 2.25. The second-order valence-corrected chi connectivity index (χ2v) is 5.06. The molecular formula is C12H25N3O. The van der Waals surface area contributed by atoms with Crippen LogP contribution in [0, 0.1) is 5.92 Å². The molecule has 1 fully saturated rings. The smallest absolute Gasteiger partial charge is 0.234 e. The highest BCUT2D eigenvalue weighted by Crippen LogP contribution is 2.17. The van der Waals surface area contributed by atoms with E-state index < -0.39 is 0 Å². The minimum absolute atomic E-state index is 0.158. The van der Waals surface area contributed by atoms with Crippen molar-refractivity contribution in [1.29, 1.82) is 0 Å². The third-order valence-electron chi connectivity index (χ3n) is 3.50. The van der Waals surface area contributed by atoms with Gasteiger partial charge in [0, 0.05) is 12.6 Å². The summed E-state index contributed by atoms with van der Waals surface area (Å²) in [5.74, 6) is 0.480. The molecule has 1 aliphatic heterocycles. The molecule has 4 nitrogen and oxygen atoms in total. The van der Waals surface area contributed by atoms with Gasteiger partial charge in [-0.3, -0.25) is 9.69 Å². The van der Waals surface area contributed by atoms with Crippen molar-refractivity contribution in [1.82, 2.24) is 10.2 Å². The van der Waals surface area contributed by atoms with E-state index in [-0.39, 0.29) is 11.9 Å². The Morgan fingerprint density at radius 1 is 1.38 bits per heavy atom. The maximum Gasteiger partial charge on any atom is 0.234 e. The SMILES string of the molecule is CC(C)N(CC1CCNCC1)C(C)C(N)=O. The highest BCUT2D eigenvalue weighted by atomic mass is 16.1. The van der Waals surface area contributed by atoms with Gasteiger partial charge >= 0.3 is 0 Å². The van der Waals surface area contributed by atoms with Gasteiger partial charge in [-0.15, -0.1) is 0 Å². The number of hydrogen-bond donors (Lipinski definition) is 2. The first-order chi connectivity index (χ1) is 7.52. The zero-order valence-electron chi connectivity index (χ0n) is 10.7. The van der Waals surface area contributed by atoms with Crippen LogP contribution in [0.2, 0.25) is 0 Å². The predicted molar refractivity (Wildman–Crippen MR) is 66.1 cm³/mol.